The second-order valence-corrected chi connectivity index (χ2v) is 5.88. The highest BCUT2D eigenvalue weighted by molar-refractivity contribution is 7.89. The fraction of sp³-hybridized carbons (Fsp3) is 0.500. The lowest BCUT2D eigenvalue weighted by Gasteiger charge is -2.17. The lowest BCUT2D eigenvalue weighted by atomic mass is 10.2. The minimum Gasteiger partial charge on any atom is -0.396 e. The molecule has 0 radical (unpaired) electrons. The molecule has 0 bridgehead atoms. The molecule has 0 heterocycles. The molecule has 1 aromatic carbocycles. The molecule has 1 rings (SSSR count). The molecule has 2 N–H and O–H groups in total. The molecule has 0 amide bonds. The lowest BCUT2D eigenvalue weighted by Crippen LogP contribution is -2.38. The van der Waals surface area contributed by atoms with E-state index in [9.17, 15) is 12.8 Å². The Bertz CT molecular complexity index is 512. The first-order chi connectivity index (χ1) is 8.90. The third-order valence-corrected chi connectivity index (χ3v) is 4.27. The lowest BCUT2D eigenvalue weighted by molar-refractivity contribution is 0.158. The molecule has 0 spiro atoms. The van der Waals surface area contributed by atoms with Crippen molar-refractivity contribution in [3.8, 4) is 0 Å². The number of rotatable bonds is 7. The van der Waals surface area contributed by atoms with Crippen LogP contribution in [0.5, 0.6) is 0 Å². The average Bonchev–Trinajstić information content (AvgIpc) is 2.28. The molecule has 0 aromatic heterocycles. The summed E-state index contributed by atoms with van der Waals surface area (Å²) in [4.78, 5) is 0.0212. The van der Waals surface area contributed by atoms with Gasteiger partial charge in [-0.15, -0.1) is 0 Å². The van der Waals surface area contributed by atoms with Crippen LogP contribution in [0.4, 0.5) is 4.39 Å². The van der Waals surface area contributed by atoms with E-state index in [0.29, 0.717) is 5.56 Å². The Morgan fingerprint density at radius 3 is 2.68 bits per heavy atom. The van der Waals surface area contributed by atoms with Crippen molar-refractivity contribution in [1.29, 1.82) is 0 Å². The van der Waals surface area contributed by atoms with Gasteiger partial charge < -0.3 is 9.84 Å². The third kappa shape index (κ3) is 4.54. The summed E-state index contributed by atoms with van der Waals surface area (Å²) < 4.78 is 44.6. The average molecular weight is 291 g/mol. The maximum atomic E-state index is 13.0. The van der Waals surface area contributed by atoms with Crippen molar-refractivity contribution < 1.29 is 22.7 Å². The van der Waals surface area contributed by atoms with E-state index in [4.69, 9.17) is 9.84 Å². The molecule has 5 nitrogen and oxygen atoms in total. The van der Waals surface area contributed by atoms with Crippen LogP contribution in [0, 0.1) is 12.7 Å². The number of ether oxygens (including phenoxy) is 1. The van der Waals surface area contributed by atoms with Crippen molar-refractivity contribution in [2.45, 2.75) is 24.3 Å². The zero-order valence-electron chi connectivity index (χ0n) is 10.9. The van der Waals surface area contributed by atoms with Gasteiger partial charge in [0.05, 0.1) is 11.5 Å². The molecular formula is C12H18FNO4S. The summed E-state index contributed by atoms with van der Waals surface area (Å²) >= 11 is 0. The van der Waals surface area contributed by atoms with E-state index >= 15 is 0 Å². The van der Waals surface area contributed by atoms with E-state index in [2.05, 4.69) is 4.72 Å². The van der Waals surface area contributed by atoms with Crippen LogP contribution in [-0.4, -0.2) is 39.9 Å². The normalized spacial score (nSPS) is 13.5. The summed E-state index contributed by atoms with van der Waals surface area (Å²) in [6.07, 6.45) is 0.243. The standard InChI is InChI=1S/C12H18FNO4S/c1-9-7-10(13)3-4-12(9)19(16,17)14-11(5-6-15)8-18-2/h3-4,7,11,14-15H,5-6,8H2,1-2H3. The quantitative estimate of drug-likeness (QED) is 0.779. The van der Waals surface area contributed by atoms with Gasteiger partial charge in [-0.25, -0.2) is 17.5 Å². The summed E-state index contributed by atoms with van der Waals surface area (Å²) in [5.41, 5.74) is 0.327. The topological polar surface area (TPSA) is 75.6 Å². The van der Waals surface area contributed by atoms with Crippen molar-refractivity contribution in [2.75, 3.05) is 20.3 Å². The Hall–Kier alpha value is -1.02. The molecule has 1 atom stereocenters. The van der Waals surface area contributed by atoms with Crippen LogP contribution in [0.15, 0.2) is 23.1 Å². The number of nitrogens with one attached hydrogen (secondary N) is 1. The molecule has 108 valence electrons. The fourth-order valence-corrected chi connectivity index (χ4v) is 3.21. The highest BCUT2D eigenvalue weighted by Crippen LogP contribution is 2.16. The molecule has 1 aromatic rings. The van der Waals surface area contributed by atoms with Crippen molar-refractivity contribution in [1.82, 2.24) is 4.72 Å². The Labute approximate surface area is 112 Å². The number of hydrogen-bond donors (Lipinski definition) is 2. The zero-order valence-corrected chi connectivity index (χ0v) is 11.7. The monoisotopic (exact) mass is 291 g/mol. The Morgan fingerprint density at radius 2 is 2.16 bits per heavy atom. The van der Waals surface area contributed by atoms with E-state index in [1.54, 1.807) is 0 Å². The second kappa shape index (κ2) is 6.95. The van der Waals surface area contributed by atoms with E-state index in [1.807, 2.05) is 0 Å². The number of aryl methyl sites for hydroxylation is 1. The van der Waals surface area contributed by atoms with E-state index in [0.717, 1.165) is 12.1 Å². The van der Waals surface area contributed by atoms with Gasteiger partial charge in [0.15, 0.2) is 0 Å². The molecule has 0 fully saturated rings. The van der Waals surface area contributed by atoms with Gasteiger partial charge >= 0.3 is 0 Å². The fourth-order valence-electron chi connectivity index (χ4n) is 1.73. The van der Waals surface area contributed by atoms with Gasteiger partial charge in [-0.05, 0) is 37.1 Å². The smallest absolute Gasteiger partial charge is 0.241 e. The van der Waals surface area contributed by atoms with Gasteiger partial charge in [0, 0.05) is 19.8 Å². The van der Waals surface area contributed by atoms with Crippen LogP contribution in [0.3, 0.4) is 0 Å². The number of benzene rings is 1. The summed E-state index contributed by atoms with van der Waals surface area (Å²) in [6, 6.07) is 2.95. The minimum atomic E-state index is -3.76. The Balaban J connectivity index is 2.96. The molecular weight excluding hydrogens is 273 g/mol. The molecule has 0 aliphatic heterocycles. The first kappa shape index (κ1) is 16.0. The van der Waals surface area contributed by atoms with Crippen molar-refractivity contribution >= 4 is 10.0 Å². The predicted octanol–water partition coefficient (Wildman–Crippen LogP) is 0.810. The number of aliphatic hydroxyl groups is 1. The van der Waals surface area contributed by atoms with Crippen LogP contribution in [0.1, 0.15) is 12.0 Å². The first-order valence-corrected chi connectivity index (χ1v) is 7.27. The molecule has 0 aliphatic carbocycles. The van der Waals surface area contributed by atoms with Crippen LogP contribution in [-0.2, 0) is 14.8 Å². The maximum Gasteiger partial charge on any atom is 0.241 e. The number of hydrogen-bond acceptors (Lipinski definition) is 4. The van der Waals surface area contributed by atoms with Gasteiger partial charge in [-0.3, -0.25) is 0 Å². The SMILES string of the molecule is COCC(CCO)NS(=O)(=O)c1ccc(F)cc1C. The Morgan fingerprint density at radius 1 is 1.47 bits per heavy atom. The first-order valence-electron chi connectivity index (χ1n) is 5.79. The summed E-state index contributed by atoms with van der Waals surface area (Å²) in [7, 11) is -2.31. The van der Waals surface area contributed by atoms with Crippen molar-refractivity contribution in [2.24, 2.45) is 0 Å². The van der Waals surface area contributed by atoms with Gasteiger partial charge in [-0.2, -0.15) is 0 Å². The molecule has 1 unspecified atom stereocenters. The number of sulfonamides is 1. The van der Waals surface area contributed by atoms with Gasteiger partial charge in [0.25, 0.3) is 0 Å². The van der Waals surface area contributed by atoms with Crippen molar-refractivity contribution in [3.05, 3.63) is 29.6 Å². The predicted molar refractivity (Wildman–Crippen MR) is 68.8 cm³/mol. The van der Waals surface area contributed by atoms with Gasteiger partial charge in [0.1, 0.15) is 5.82 Å². The summed E-state index contributed by atoms with van der Waals surface area (Å²) in [5.74, 6) is -0.486. The molecule has 19 heavy (non-hydrogen) atoms. The molecule has 0 saturated heterocycles. The minimum absolute atomic E-state index is 0.0212. The summed E-state index contributed by atoms with van der Waals surface area (Å²) in [5, 5.41) is 8.88. The Kier molecular flexibility index (Phi) is 5.86. The number of aliphatic hydroxyl groups excluding tert-OH is 1. The molecule has 0 saturated carbocycles. The number of methoxy groups -OCH3 is 1. The van der Waals surface area contributed by atoms with Crippen LogP contribution < -0.4 is 4.72 Å². The maximum absolute atomic E-state index is 13.0. The van der Waals surface area contributed by atoms with E-state index < -0.39 is 21.9 Å². The number of halogens is 1. The van der Waals surface area contributed by atoms with Crippen LogP contribution >= 0.6 is 0 Å². The van der Waals surface area contributed by atoms with Crippen LogP contribution in [0.2, 0.25) is 0 Å². The van der Waals surface area contributed by atoms with Gasteiger partial charge in [-0.1, -0.05) is 0 Å². The van der Waals surface area contributed by atoms with Crippen molar-refractivity contribution in [3.63, 3.8) is 0 Å². The van der Waals surface area contributed by atoms with E-state index in [-0.39, 0.29) is 24.5 Å². The zero-order chi connectivity index (χ0) is 14.5. The largest absolute Gasteiger partial charge is 0.396 e. The van der Waals surface area contributed by atoms with E-state index in [1.165, 1.54) is 20.1 Å². The highest BCUT2D eigenvalue weighted by Gasteiger charge is 2.21. The molecule has 0 aliphatic rings. The molecule has 7 heteroatoms. The third-order valence-electron chi connectivity index (χ3n) is 2.59. The van der Waals surface area contributed by atoms with Gasteiger partial charge in [0.2, 0.25) is 10.0 Å². The summed E-state index contributed by atoms with van der Waals surface area (Å²) in [6.45, 7) is 1.52. The second-order valence-electron chi connectivity index (χ2n) is 4.20. The van der Waals surface area contributed by atoms with Crippen LogP contribution in [0.25, 0.3) is 0 Å². The highest BCUT2D eigenvalue weighted by atomic mass is 32.2.